The number of barbiturate groups is 1. The number of hydrogen-bond acceptors (Lipinski definition) is 6. The Morgan fingerprint density at radius 2 is 1.79 bits per heavy atom. The lowest BCUT2D eigenvalue weighted by molar-refractivity contribution is -0.132. The second-order valence-corrected chi connectivity index (χ2v) is 6.53. The molecule has 9 heteroatoms. The molecule has 8 nitrogen and oxygen atoms in total. The van der Waals surface area contributed by atoms with Gasteiger partial charge in [-0.1, -0.05) is 18.2 Å². The second-order valence-electron chi connectivity index (χ2n) is 6.09. The van der Waals surface area contributed by atoms with Crippen molar-refractivity contribution in [2.75, 3.05) is 24.4 Å². The Morgan fingerprint density at radius 1 is 1.10 bits per heavy atom. The zero-order chi connectivity index (χ0) is 21.1. The van der Waals surface area contributed by atoms with Gasteiger partial charge in [-0.2, -0.15) is 0 Å². The fourth-order valence-corrected chi connectivity index (χ4v) is 2.99. The predicted octanol–water partition coefficient (Wildman–Crippen LogP) is 3.18. The van der Waals surface area contributed by atoms with Gasteiger partial charge in [0.1, 0.15) is 11.5 Å². The van der Waals surface area contributed by atoms with E-state index in [1.54, 1.807) is 18.2 Å². The van der Waals surface area contributed by atoms with Crippen molar-refractivity contribution in [3.63, 3.8) is 0 Å². The number of hydrogen-bond donors (Lipinski definition) is 2. The van der Waals surface area contributed by atoms with Gasteiger partial charge < -0.3 is 14.8 Å². The number of anilines is 2. The van der Waals surface area contributed by atoms with Gasteiger partial charge in [0.15, 0.2) is 5.92 Å². The molecule has 2 aromatic rings. The van der Waals surface area contributed by atoms with Gasteiger partial charge in [-0.05, 0) is 36.4 Å². The maximum absolute atomic E-state index is 13.0. The third-order valence-corrected chi connectivity index (χ3v) is 4.55. The first-order valence-electron chi connectivity index (χ1n) is 8.48. The number of methoxy groups -OCH3 is 2. The number of amides is 4. The first-order valence-corrected chi connectivity index (χ1v) is 8.85. The lowest BCUT2D eigenvalue weighted by atomic mass is 10.0. The van der Waals surface area contributed by atoms with Crippen molar-refractivity contribution in [2.45, 2.75) is 0 Å². The summed E-state index contributed by atoms with van der Waals surface area (Å²) in [7, 11) is 3.00. The molecular formula is C20H18ClN3O5. The van der Waals surface area contributed by atoms with E-state index in [1.807, 2.05) is 0 Å². The van der Waals surface area contributed by atoms with Crippen molar-refractivity contribution in [1.82, 2.24) is 5.32 Å². The van der Waals surface area contributed by atoms with Crippen LogP contribution in [0.15, 0.2) is 54.7 Å². The molecule has 29 heavy (non-hydrogen) atoms. The predicted molar refractivity (Wildman–Crippen MR) is 108 cm³/mol. The number of nitrogens with one attached hydrogen (secondary N) is 2. The number of rotatable bonds is 6. The van der Waals surface area contributed by atoms with Gasteiger partial charge >= 0.3 is 6.03 Å². The van der Waals surface area contributed by atoms with Crippen LogP contribution in [-0.4, -0.2) is 32.1 Å². The van der Waals surface area contributed by atoms with Gasteiger partial charge in [0.2, 0.25) is 5.91 Å². The number of carbonyl (C=O) groups excluding carboxylic acids is 3. The van der Waals surface area contributed by atoms with Crippen LogP contribution in [0.2, 0.25) is 5.02 Å². The van der Waals surface area contributed by atoms with Crippen LogP contribution >= 0.6 is 11.6 Å². The lowest BCUT2D eigenvalue weighted by Gasteiger charge is -2.31. The molecule has 1 atom stereocenters. The molecule has 2 N–H and O–H groups in total. The summed E-state index contributed by atoms with van der Waals surface area (Å²) in [6, 6.07) is 10.2. The number of halogens is 1. The molecule has 3 rings (SSSR count). The Morgan fingerprint density at radius 3 is 2.41 bits per heavy atom. The quantitative estimate of drug-likeness (QED) is 0.703. The van der Waals surface area contributed by atoms with E-state index in [-0.39, 0.29) is 11.4 Å². The number of imide groups is 2. The minimum atomic E-state index is -1.32. The van der Waals surface area contributed by atoms with E-state index >= 15 is 0 Å². The van der Waals surface area contributed by atoms with Crippen molar-refractivity contribution < 1.29 is 23.9 Å². The van der Waals surface area contributed by atoms with Crippen molar-refractivity contribution in [2.24, 2.45) is 5.92 Å². The molecule has 0 radical (unpaired) electrons. The van der Waals surface area contributed by atoms with Crippen LogP contribution in [0.4, 0.5) is 16.2 Å². The fraction of sp³-hybridized carbons (Fsp3) is 0.150. The smallest absolute Gasteiger partial charge is 0.335 e. The highest BCUT2D eigenvalue weighted by atomic mass is 35.5. The minimum Gasteiger partial charge on any atom is -0.497 e. The van der Waals surface area contributed by atoms with Gasteiger partial charge in [0.05, 0.1) is 25.6 Å². The Labute approximate surface area is 172 Å². The molecule has 1 fully saturated rings. The summed E-state index contributed by atoms with van der Waals surface area (Å²) in [6.07, 6.45) is 0. The van der Waals surface area contributed by atoms with E-state index in [0.29, 0.717) is 22.2 Å². The number of nitrogens with zero attached hydrogens (tertiary/aromatic N) is 1. The molecule has 1 heterocycles. The third-order valence-electron chi connectivity index (χ3n) is 4.30. The molecular weight excluding hydrogens is 398 g/mol. The monoisotopic (exact) mass is 415 g/mol. The molecule has 1 aliphatic rings. The van der Waals surface area contributed by atoms with Crippen LogP contribution in [0.25, 0.3) is 0 Å². The normalized spacial score (nSPS) is 16.3. The molecule has 0 bridgehead atoms. The van der Waals surface area contributed by atoms with Gasteiger partial charge in [-0.3, -0.25) is 14.9 Å². The summed E-state index contributed by atoms with van der Waals surface area (Å²) in [5, 5.41) is 5.55. The molecule has 150 valence electrons. The van der Waals surface area contributed by atoms with Crippen LogP contribution < -0.4 is 25.0 Å². The average molecular weight is 416 g/mol. The maximum atomic E-state index is 13.0. The standard InChI is InChI=1S/C20H18ClN3O5/c1-11(22-15-9-8-14(28-2)10-16(15)29-3)17-18(25)23-20(27)24(19(17)26)13-6-4-12(21)5-7-13/h4-10,17,22H,1H2,2-3H3,(H,23,25,27)/t17-/m0/s1. The SMILES string of the molecule is C=C(Nc1ccc(OC)cc1OC)[C@H]1C(=O)NC(=O)N(c2ccc(Cl)cc2)C1=O. The lowest BCUT2D eigenvalue weighted by Crippen LogP contribution is -2.59. The largest absolute Gasteiger partial charge is 0.497 e. The van der Waals surface area contributed by atoms with Crippen LogP contribution in [0.1, 0.15) is 0 Å². The second kappa shape index (κ2) is 8.24. The highest BCUT2D eigenvalue weighted by molar-refractivity contribution is 6.31. The highest BCUT2D eigenvalue weighted by Gasteiger charge is 2.43. The first kappa shape index (κ1) is 20.2. The summed E-state index contributed by atoms with van der Waals surface area (Å²) in [6.45, 7) is 3.82. The number of benzene rings is 2. The summed E-state index contributed by atoms with van der Waals surface area (Å²) >= 11 is 5.86. The van der Waals surface area contributed by atoms with Gasteiger partial charge in [-0.15, -0.1) is 0 Å². The summed E-state index contributed by atoms with van der Waals surface area (Å²) < 4.78 is 10.5. The van der Waals surface area contributed by atoms with E-state index in [0.717, 1.165) is 4.90 Å². The molecule has 1 saturated heterocycles. The fourth-order valence-electron chi connectivity index (χ4n) is 2.86. The van der Waals surface area contributed by atoms with Crippen LogP contribution in [0.5, 0.6) is 11.5 Å². The van der Waals surface area contributed by atoms with Gasteiger partial charge in [0.25, 0.3) is 5.91 Å². The zero-order valence-electron chi connectivity index (χ0n) is 15.7. The van der Waals surface area contributed by atoms with Crippen molar-refractivity contribution in [1.29, 1.82) is 0 Å². The van der Waals surface area contributed by atoms with Crippen LogP contribution in [0, 0.1) is 5.92 Å². The third kappa shape index (κ3) is 4.02. The molecule has 4 amide bonds. The minimum absolute atomic E-state index is 0.0856. The molecule has 0 aromatic heterocycles. The number of urea groups is 1. The maximum Gasteiger partial charge on any atom is 0.335 e. The van der Waals surface area contributed by atoms with Crippen LogP contribution in [0.3, 0.4) is 0 Å². The van der Waals surface area contributed by atoms with Crippen molar-refractivity contribution in [3.05, 3.63) is 59.8 Å². The molecule has 1 aliphatic heterocycles. The number of ether oxygens (including phenoxy) is 2. The summed E-state index contributed by atoms with van der Waals surface area (Å²) in [5.41, 5.74) is 0.848. The van der Waals surface area contributed by atoms with E-state index < -0.39 is 23.8 Å². The van der Waals surface area contributed by atoms with E-state index in [9.17, 15) is 14.4 Å². The van der Waals surface area contributed by atoms with Crippen molar-refractivity contribution in [3.8, 4) is 11.5 Å². The summed E-state index contributed by atoms with van der Waals surface area (Å²) in [5.74, 6) is -1.82. The molecule has 0 spiro atoms. The van der Waals surface area contributed by atoms with Crippen molar-refractivity contribution >= 4 is 40.8 Å². The van der Waals surface area contributed by atoms with E-state index in [4.69, 9.17) is 21.1 Å². The van der Waals surface area contributed by atoms with Gasteiger partial charge in [-0.25, -0.2) is 9.69 Å². The Hall–Kier alpha value is -3.52. The molecule has 0 saturated carbocycles. The van der Waals surface area contributed by atoms with E-state index in [2.05, 4.69) is 17.2 Å². The number of carbonyl (C=O) groups is 3. The zero-order valence-corrected chi connectivity index (χ0v) is 16.4. The van der Waals surface area contributed by atoms with E-state index in [1.165, 1.54) is 38.5 Å². The van der Waals surface area contributed by atoms with Crippen LogP contribution in [-0.2, 0) is 9.59 Å². The topological polar surface area (TPSA) is 97.0 Å². The highest BCUT2D eigenvalue weighted by Crippen LogP contribution is 2.32. The molecule has 0 aliphatic carbocycles. The molecule has 0 unspecified atom stereocenters. The Kier molecular flexibility index (Phi) is 5.74. The molecule has 2 aromatic carbocycles. The first-order chi connectivity index (χ1) is 13.8. The Balaban J connectivity index is 1.87. The Bertz CT molecular complexity index is 990. The summed E-state index contributed by atoms with van der Waals surface area (Å²) in [4.78, 5) is 38.5. The average Bonchev–Trinajstić information content (AvgIpc) is 2.69. The van der Waals surface area contributed by atoms with Gasteiger partial charge in [0, 0.05) is 16.8 Å².